The average Bonchev–Trinajstić information content (AvgIpc) is 3.17. The van der Waals surface area contributed by atoms with Crippen LogP contribution in [0.5, 0.6) is 0 Å². The van der Waals surface area contributed by atoms with Crippen molar-refractivity contribution in [3.63, 3.8) is 0 Å². The predicted molar refractivity (Wildman–Crippen MR) is 87.7 cm³/mol. The van der Waals surface area contributed by atoms with Gasteiger partial charge in [0.25, 0.3) is 0 Å². The van der Waals surface area contributed by atoms with Crippen molar-refractivity contribution in [2.75, 3.05) is 44.2 Å². The van der Waals surface area contributed by atoms with Crippen LogP contribution in [0.4, 0.5) is 9.93 Å². The molecule has 1 N–H and O–H groups in total. The van der Waals surface area contributed by atoms with E-state index >= 15 is 0 Å². The van der Waals surface area contributed by atoms with Crippen molar-refractivity contribution in [1.29, 1.82) is 0 Å². The summed E-state index contributed by atoms with van der Waals surface area (Å²) < 4.78 is 0. The largest absolute Gasteiger partial charge is 0.340 e. The maximum atomic E-state index is 12.4. The highest BCUT2D eigenvalue weighted by Crippen LogP contribution is 2.27. The number of hydrogen-bond acceptors (Lipinski definition) is 5. The van der Waals surface area contributed by atoms with Gasteiger partial charge < -0.3 is 10.2 Å². The zero-order chi connectivity index (χ0) is 15.8. The number of nitrogens with zero attached hydrogens (tertiary/aromatic N) is 4. The Morgan fingerprint density at radius 1 is 1.26 bits per heavy atom. The first-order valence-electron chi connectivity index (χ1n) is 8.22. The Hall–Kier alpha value is -1.67. The van der Waals surface area contributed by atoms with Gasteiger partial charge in [0.2, 0.25) is 5.91 Å². The van der Waals surface area contributed by atoms with Crippen LogP contribution in [0.1, 0.15) is 18.5 Å². The number of urea groups is 1. The van der Waals surface area contributed by atoms with Crippen LogP contribution in [0.25, 0.3) is 0 Å². The van der Waals surface area contributed by atoms with Crippen LogP contribution in [-0.2, 0) is 11.2 Å². The van der Waals surface area contributed by atoms with Gasteiger partial charge in [0, 0.05) is 50.7 Å². The Morgan fingerprint density at radius 2 is 2.04 bits per heavy atom. The Bertz CT molecular complexity index is 607. The molecule has 1 aromatic heterocycles. The Kier molecular flexibility index (Phi) is 3.94. The summed E-state index contributed by atoms with van der Waals surface area (Å²) in [6.45, 7) is 4.92. The number of carbonyl (C=O) groups excluding carboxylic acids is 2. The van der Waals surface area contributed by atoms with Gasteiger partial charge >= 0.3 is 6.03 Å². The highest BCUT2D eigenvalue weighted by molar-refractivity contribution is 7.14. The normalized spacial score (nSPS) is 22.5. The van der Waals surface area contributed by atoms with Crippen molar-refractivity contribution < 1.29 is 9.59 Å². The summed E-state index contributed by atoms with van der Waals surface area (Å²) in [5.41, 5.74) is 0.763. The van der Waals surface area contributed by atoms with Crippen LogP contribution in [0.15, 0.2) is 5.38 Å². The summed E-state index contributed by atoms with van der Waals surface area (Å²) in [6, 6.07) is 0.674. The molecule has 23 heavy (non-hydrogen) atoms. The van der Waals surface area contributed by atoms with Gasteiger partial charge in [0.15, 0.2) is 5.13 Å². The fourth-order valence-corrected chi connectivity index (χ4v) is 4.05. The lowest BCUT2D eigenvalue weighted by molar-refractivity contribution is -0.132. The minimum absolute atomic E-state index is 0.103. The number of thiazole rings is 1. The standard InChI is InChI=1S/C15H21N5O2S/c21-13(19-7-5-18(6-8-19)12-1-2-12)9-11-10-23-15(17-11)20-4-3-16-14(20)22/h10,12H,1-9H2,(H,16,22). The fraction of sp³-hybridized carbons (Fsp3) is 0.667. The van der Waals surface area contributed by atoms with Gasteiger partial charge in [-0.1, -0.05) is 0 Å². The molecule has 3 amide bonds. The summed E-state index contributed by atoms with van der Waals surface area (Å²) in [5.74, 6) is 0.142. The van der Waals surface area contributed by atoms with Crippen molar-refractivity contribution >= 4 is 28.4 Å². The monoisotopic (exact) mass is 335 g/mol. The van der Waals surface area contributed by atoms with Gasteiger partial charge in [0.05, 0.1) is 12.1 Å². The Morgan fingerprint density at radius 3 is 2.70 bits per heavy atom. The van der Waals surface area contributed by atoms with Gasteiger partial charge in [-0.25, -0.2) is 9.78 Å². The lowest BCUT2D eigenvalue weighted by Gasteiger charge is -2.34. The van der Waals surface area contributed by atoms with Crippen molar-refractivity contribution in [3.8, 4) is 0 Å². The second kappa shape index (κ2) is 6.09. The highest BCUT2D eigenvalue weighted by Gasteiger charge is 2.32. The van der Waals surface area contributed by atoms with Crippen LogP contribution >= 0.6 is 11.3 Å². The first-order valence-corrected chi connectivity index (χ1v) is 9.10. The number of nitrogens with one attached hydrogen (secondary N) is 1. The van der Waals surface area contributed by atoms with E-state index in [4.69, 9.17) is 0 Å². The molecule has 0 unspecified atom stereocenters. The molecule has 1 saturated carbocycles. The van der Waals surface area contributed by atoms with E-state index in [1.807, 2.05) is 10.3 Å². The zero-order valence-corrected chi connectivity index (χ0v) is 13.8. The number of amides is 3. The topological polar surface area (TPSA) is 68.8 Å². The molecule has 0 aromatic carbocycles. The second-order valence-electron chi connectivity index (χ2n) is 6.33. The van der Waals surface area contributed by atoms with E-state index in [1.165, 1.54) is 24.2 Å². The summed E-state index contributed by atoms with van der Waals surface area (Å²) in [6.07, 6.45) is 2.97. The molecule has 2 saturated heterocycles. The molecule has 124 valence electrons. The molecule has 3 heterocycles. The summed E-state index contributed by atoms with van der Waals surface area (Å²) >= 11 is 1.43. The fourth-order valence-electron chi connectivity index (χ4n) is 3.20. The summed E-state index contributed by atoms with van der Waals surface area (Å²) in [4.78, 5) is 34.6. The van der Waals surface area contributed by atoms with Crippen molar-refractivity contribution in [1.82, 2.24) is 20.1 Å². The molecule has 8 heteroatoms. The third kappa shape index (κ3) is 3.18. The summed E-state index contributed by atoms with van der Waals surface area (Å²) in [7, 11) is 0. The van der Waals surface area contributed by atoms with Crippen LogP contribution in [0.3, 0.4) is 0 Å². The maximum absolute atomic E-state index is 12.4. The van der Waals surface area contributed by atoms with E-state index in [0.717, 1.165) is 37.9 Å². The van der Waals surface area contributed by atoms with E-state index in [1.54, 1.807) is 4.90 Å². The molecule has 3 aliphatic rings. The molecule has 2 aliphatic heterocycles. The van der Waals surface area contributed by atoms with Gasteiger partial charge in [-0.15, -0.1) is 11.3 Å². The molecule has 0 bridgehead atoms. The highest BCUT2D eigenvalue weighted by atomic mass is 32.1. The van der Waals surface area contributed by atoms with Crippen molar-refractivity contribution in [3.05, 3.63) is 11.1 Å². The molecular weight excluding hydrogens is 314 g/mol. The molecule has 1 aliphatic carbocycles. The van der Waals surface area contributed by atoms with Gasteiger partial charge in [-0.05, 0) is 12.8 Å². The third-order valence-electron chi connectivity index (χ3n) is 4.69. The van der Waals surface area contributed by atoms with Gasteiger partial charge in [0.1, 0.15) is 0 Å². The van der Waals surface area contributed by atoms with E-state index in [0.29, 0.717) is 24.6 Å². The molecule has 1 aromatic rings. The quantitative estimate of drug-likeness (QED) is 0.871. The molecular formula is C15H21N5O2S. The Labute approximate surface area is 139 Å². The number of carbonyl (C=O) groups is 2. The lowest BCUT2D eigenvalue weighted by Crippen LogP contribution is -2.49. The molecule has 0 spiro atoms. The lowest BCUT2D eigenvalue weighted by atomic mass is 10.2. The zero-order valence-electron chi connectivity index (χ0n) is 13.0. The van der Waals surface area contributed by atoms with E-state index in [9.17, 15) is 9.59 Å². The van der Waals surface area contributed by atoms with Crippen molar-refractivity contribution in [2.24, 2.45) is 0 Å². The predicted octanol–water partition coefficient (Wildman–Crippen LogP) is 0.522. The number of anilines is 1. The SMILES string of the molecule is O=C(Cc1csc(N2CCNC2=O)n1)N1CCN(C2CC2)CC1. The van der Waals surface area contributed by atoms with Gasteiger partial charge in [-0.3, -0.25) is 14.6 Å². The first kappa shape index (κ1) is 14.9. The molecule has 3 fully saturated rings. The van der Waals surface area contributed by atoms with Crippen LogP contribution in [0, 0.1) is 0 Å². The molecule has 0 atom stereocenters. The minimum Gasteiger partial charge on any atom is -0.340 e. The molecule has 7 nitrogen and oxygen atoms in total. The Balaban J connectivity index is 1.32. The van der Waals surface area contributed by atoms with E-state index in [2.05, 4.69) is 15.2 Å². The first-order chi connectivity index (χ1) is 11.2. The van der Waals surface area contributed by atoms with Gasteiger partial charge in [-0.2, -0.15) is 0 Å². The molecule has 0 radical (unpaired) electrons. The van der Waals surface area contributed by atoms with Crippen LogP contribution in [0.2, 0.25) is 0 Å². The number of rotatable bonds is 4. The van der Waals surface area contributed by atoms with E-state index in [-0.39, 0.29) is 11.9 Å². The number of aromatic nitrogens is 1. The van der Waals surface area contributed by atoms with Crippen LogP contribution < -0.4 is 10.2 Å². The molecule has 4 rings (SSSR count). The van der Waals surface area contributed by atoms with Crippen molar-refractivity contribution in [2.45, 2.75) is 25.3 Å². The third-order valence-corrected chi connectivity index (χ3v) is 5.60. The van der Waals surface area contributed by atoms with E-state index < -0.39 is 0 Å². The smallest absolute Gasteiger partial charge is 0.323 e. The second-order valence-corrected chi connectivity index (χ2v) is 7.17. The minimum atomic E-state index is -0.103. The number of hydrogen-bond donors (Lipinski definition) is 1. The van der Waals surface area contributed by atoms with Crippen LogP contribution in [-0.4, -0.2) is 72.0 Å². The maximum Gasteiger partial charge on any atom is 0.323 e. The number of piperazine rings is 1. The average molecular weight is 335 g/mol. The summed E-state index contributed by atoms with van der Waals surface area (Å²) in [5, 5.41) is 5.33.